The third-order valence-electron chi connectivity index (χ3n) is 3.39. The van der Waals surface area contributed by atoms with E-state index in [1.54, 1.807) is 13.8 Å². The van der Waals surface area contributed by atoms with Crippen LogP contribution in [0.3, 0.4) is 0 Å². The van der Waals surface area contributed by atoms with Crippen LogP contribution in [-0.4, -0.2) is 36.8 Å². The van der Waals surface area contributed by atoms with E-state index in [4.69, 9.17) is 4.74 Å². The molecule has 0 heterocycles. The number of nitrogens with zero attached hydrogens (tertiary/aromatic N) is 1. The first-order chi connectivity index (χ1) is 10.6. The minimum Gasteiger partial charge on any atom is -0.466 e. The maximum absolute atomic E-state index is 12.0. The monoisotopic (exact) mass is 312 g/mol. The van der Waals surface area contributed by atoms with E-state index < -0.39 is 24.3 Å². The first-order valence-corrected chi connectivity index (χ1v) is 7.77. The number of ether oxygens (including phenoxy) is 2. The molecule has 0 aromatic carbocycles. The summed E-state index contributed by atoms with van der Waals surface area (Å²) in [5, 5.41) is 3.91. The lowest BCUT2D eigenvalue weighted by Gasteiger charge is -2.22. The zero-order valence-corrected chi connectivity index (χ0v) is 13.2. The molecule has 0 radical (unpaired) electrons. The summed E-state index contributed by atoms with van der Waals surface area (Å²) in [7, 11) is 0. The van der Waals surface area contributed by atoms with Crippen molar-refractivity contribution in [1.82, 2.24) is 5.43 Å². The Morgan fingerprint density at radius 2 is 1.68 bits per heavy atom. The average Bonchev–Trinajstić information content (AvgIpc) is 2.49. The summed E-state index contributed by atoms with van der Waals surface area (Å²) in [6.45, 7) is 3.85. The van der Waals surface area contributed by atoms with Gasteiger partial charge in [0.05, 0.1) is 13.2 Å². The van der Waals surface area contributed by atoms with Crippen LogP contribution in [-0.2, 0) is 23.9 Å². The maximum atomic E-state index is 12.0. The number of hydrogen-bond acceptors (Lipinski definition) is 6. The minimum absolute atomic E-state index is 0.00399. The standard InChI is InChI=1S/C15H24N2O5/c1-3-21-13(19)10-12(18)16-17-14(15(20)22-4-2)11-8-6-5-7-9-11/h11H,3-10H2,1-2H3,(H,16,18)/b17-14-. The van der Waals surface area contributed by atoms with Crippen molar-refractivity contribution in [3.63, 3.8) is 0 Å². The van der Waals surface area contributed by atoms with Gasteiger partial charge in [-0.25, -0.2) is 10.2 Å². The Kier molecular flexibility index (Phi) is 8.17. The number of esters is 2. The molecule has 0 unspecified atom stereocenters. The summed E-state index contributed by atoms with van der Waals surface area (Å²) in [5.41, 5.74) is 2.49. The van der Waals surface area contributed by atoms with E-state index in [-0.39, 0.29) is 24.8 Å². The summed E-state index contributed by atoms with van der Waals surface area (Å²) in [4.78, 5) is 34.8. The largest absolute Gasteiger partial charge is 0.466 e. The number of rotatable bonds is 7. The molecule has 0 saturated heterocycles. The SMILES string of the molecule is CCOC(=O)CC(=O)N/N=C(\C(=O)OCC)C1CCCCC1. The van der Waals surface area contributed by atoms with E-state index in [1.165, 1.54) is 0 Å². The smallest absolute Gasteiger partial charge is 0.354 e. The maximum Gasteiger partial charge on any atom is 0.354 e. The number of carbonyl (C=O) groups excluding carboxylic acids is 3. The van der Waals surface area contributed by atoms with E-state index in [2.05, 4.69) is 15.3 Å². The Labute approximate surface area is 130 Å². The molecule has 22 heavy (non-hydrogen) atoms. The molecule has 124 valence electrons. The van der Waals surface area contributed by atoms with Crippen molar-refractivity contribution in [2.45, 2.75) is 52.4 Å². The van der Waals surface area contributed by atoms with E-state index in [1.807, 2.05) is 0 Å². The Bertz CT molecular complexity index is 428. The minimum atomic E-state index is -0.620. The molecule has 1 saturated carbocycles. The van der Waals surface area contributed by atoms with Crippen LogP contribution in [0.4, 0.5) is 0 Å². The molecule has 1 aliphatic carbocycles. The highest BCUT2D eigenvalue weighted by molar-refractivity contribution is 6.37. The van der Waals surface area contributed by atoms with E-state index in [9.17, 15) is 14.4 Å². The average molecular weight is 312 g/mol. The Hall–Kier alpha value is -1.92. The summed E-state index contributed by atoms with van der Waals surface area (Å²) >= 11 is 0. The Morgan fingerprint density at radius 3 is 2.27 bits per heavy atom. The topological polar surface area (TPSA) is 94.1 Å². The summed E-state index contributed by atoms with van der Waals surface area (Å²) in [6.07, 6.45) is 4.48. The molecule has 1 amide bonds. The lowest BCUT2D eigenvalue weighted by Crippen LogP contribution is -2.32. The first-order valence-electron chi connectivity index (χ1n) is 7.77. The Morgan fingerprint density at radius 1 is 1.05 bits per heavy atom. The van der Waals surface area contributed by atoms with Gasteiger partial charge < -0.3 is 9.47 Å². The molecule has 7 nitrogen and oxygen atoms in total. The van der Waals surface area contributed by atoms with Gasteiger partial charge in [-0.05, 0) is 26.7 Å². The lowest BCUT2D eigenvalue weighted by atomic mass is 9.86. The second kappa shape index (κ2) is 9.92. The molecule has 0 bridgehead atoms. The van der Waals surface area contributed by atoms with Crippen LogP contribution < -0.4 is 5.43 Å². The van der Waals surface area contributed by atoms with Crippen LogP contribution >= 0.6 is 0 Å². The van der Waals surface area contributed by atoms with Crippen molar-refractivity contribution in [1.29, 1.82) is 0 Å². The normalized spacial score (nSPS) is 16.0. The van der Waals surface area contributed by atoms with E-state index in [0.29, 0.717) is 0 Å². The van der Waals surface area contributed by atoms with Crippen molar-refractivity contribution in [2.24, 2.45) is 11.0 Å². The first kappa shape index (κ1) is 18.1. The van der Waals surface area contributed by atoms with E-state index >= 15 is 0 Å². The van der Waals surface area contributed by atoms with Crippen molar-refractivity contribution < 1.29 is 23.9 Å². The third-order valence-corrected chi connectivity index (χ3v) is 3.39. The molecule has 7 heteroatoms. The van der Waals surface area contributed by atoms with Gasteiger partial charge in [-0.3, -0.25) is 9.59 Å². The van der Waals surface area contributed by atoms with Gasteiger partial charge in [-0.2, -0.15) is 5.10 Å². The van der Waals surface area contributed by atoms with Gasteiger partial charge in [0.1, 0.15) is 12.1 Å². The van der Waals surface area contributed by atoms with Gasteiger partial charge in [-0.15, -0.1) is 0 Å². The van der Waals surface area contributed by atoms with Gasteiger partial charge in [0.15, 0.2) is 0 Å². The zero-order valence-electron chi connectivity index (χ0n) is 13.2. The van der Waals surface area contributed by atoms with Crippen molar-refractivity contribution in [2.75, 3.05) is 13.2 Å². The van der Waals surface area contributed by atoms with Gasteiger partial charge >= 0.3 is 11.9 Å². The number of nitrogens with one attached hydrogen (secondary N) is 1. The van der Waals surface area contributed by atoms with Crippen LogP contribution in [0.1, 0.15) is 52.4 Å². The summed E-state index contributed by atoms with van der Waals surface area (Å²) in [5.74, 6) is -1.73. The quantitative estimate of drug-likeness (QED) is 0.333. The highest BCUT2D eigenvalue weighted by Crippen LogP contribution is 2.25. The van der Waals surface area contributed by atoms with Crippen molar-refractivity contribution in [3.05, 3.63) is 0 Å². The molecular formula is C15H24N2O5. The van der Waals surface area contributed by atoms with Crippen molar-refractivity contribution in [3.8, 4) is 0 Å². The molecule has 1 N–H and O–H groups in total. The third kappa shape index (κ3) is 6.24. The fourth-order valence-corrected chi connectivity index (χ4v) is 2.39. The molecule has 0 aromatic rings. The van der Waals surface area contributed by atoms with Crippen LogP contribution in [0.5, 0.6) is 0 Å². The van der Waals surface area contributed by atoms with Gasteiger partial charge in [0.25, 0.3) is 5.91 Å². The van der Waals surface area contributed by atoms with Crippen LogP contribution in [0.25, 0.3) is 0 Å². The summed E-state index contributed by atoms with van der Waals surface area (Å²) in [6, 6.07) is 0. The second-order valence-corrected chi connectivity index (χ2v) is 5.07. The fraction of sp³-hybridized carbons (Fsp3) is 0.733. The fourth-order valence-electron chi connectivity index (χ4n) is 2.39. The van der Waals surface area contributed by atoms with Gasteiger partial charge in [0.2, 0.25) is 0 Å². The van der Waals surface area contributed by atoms with Crippen LogP contribution in [0.15, 0.2) is 5.10 Å². The number of hydrazone groups is 1. The second-order valence-electron chi connectivity index (χ2n) is 5.07. The van der Waals surface area contributed by atoms with E-state index in [0.717, 1.165) is 32.1 Å². The van der Waals surface area contributed by atoms with Gasteiger partial charge in [0, 0.05) is 5.92 Å². The Balaban J connectivity index is 2.66. The summed E-state index contributed by atoms with van der Waals surface area (Å²) < 4.78 is 9.68. The molecule has 0 aromatic heterocycles. The van der Waals surface area contributed by atoms with Crippen LogP contribution in [0.2, 0.25) is 0 Å². The lowest BCUT2D eigenvalue weighted by molar-refractivity contribution is -0.146. The van der Waals surface area contributed by atoms with Crippen molar-refractivity contribution >= 4 is 23.6 Å². The zero-order chi connectivity index (χ0) is 16.4. The molecule has 1 aliphatic rings. The van der Waals surface area contributed by atoms with Crippen LogP contribution in [0, 0.1) is 5.92 Å². The predicted octanol–water partition coefficient (Wildman–Crippen LogP) is 1.56. The number of carbonyl (C=O) groups is 3. The molecule has 0 spiro atoms. The molecule has 0 atom stereocenters. The van der Waals surface area contributed by atoms with Gasteiger partial charge in [-0.1, -0.05) is 19.3 Å². The molecular weight excluding hydrogens is 288 g/mol. The molecule has 1 fully saturated rings. The highest BCUT2D eigenvalue weighted by Gasteiger charge is 2.26. The number of amides is 1. The highest BCUT2D eigenvalue weighted by atomic mass is 16.5. The molecule has 1 rings (SSSR count). The predicted molar refractivity (Wildman–Crippen MR) is 80.0 cm³/mol. The number of hydrogen-bond donors (Lipinski definition) is 1. The molecule has 0 aliphatic heterocycles.